The van der Waals surface area contributed by atoms with Gasteiger partial charge in [0, 0.05) is 0 Å². The molecule has 1 aromatic rings. The summed E-state index contributed by atoms with van der Waals surface area (Å²) in [5, 5.41) is 8.29. The number of hydrogen-bond acceptors (Lipinski definition) is 4. The number of benzene rings is 1. The van der Waals surface area contributed by atoms with E-state index in [2.05, 4.69) is 127 Å². The molecule has 2 aliphatic heterocycles. The number of phenolic OH excluding ortho intramolecular Hbond substituents is 1. The number of phenols is 1. The number of para-hydroxylation sites is 1. The third-order valence-electron chi connectivity index (χ3n) is 2.83. The summed E-state index contributed by atoms with van der Waals surface area (Å²) in [6, 6.07) is 8.71. The van der Waals surface area contributed by atoms with Gasteiger partial charge in [0.1, 0.15) is 5.75 Å². The number of epoxide rings is 2. The normalized spacial score (nSPS) is 35.0. The van der Waals surface area contributed by atoms with Crippen LogP contribution in [0.2, 0.25) is 0 Å². The maximum atomic E-state index is 8.63. The van der Waals surface area contributed by atoms with Crippen LogP contribution in [0.15, 0.2) is 30.3 Å². The van der Waals surface area contributed by atoms with E-state index in [-0.39, 0.29) is 10.0 Å². The summed E-state index contributed by atoms with van der Waals surface area (Å²) in [6.07, 6.45) is 0. The van der Waals surface area contributed by atoms with Gasteiger partial charge in [0.25, 0.3) is 0 Å². The van der Waals surface area contributed by atoms with Gasteiger partial charge in [0.05, 0.1) is 0 Å². The maximum Gasteiger partial charge on any atom is 0.222 e. The van der Waals surface area contributed by atoms with Gasteiger partial charge in [-0.1, -0.05) is 50.1 Å². The van der Waals surface area contributed by atoms with E-state index in [1.54, 1.807) is 24.3 Å². The second-order valence-electron chi connectivity index (χ2n) is 4.63. The second kappa shape index (κ2) is 8.23. The average Bonchev–Trinajstić information content (AvgIpc) is 3.28. The third kappa shape index (κ3) is 5.01. The van der Waals surface area contributed by atoms with Crippen LogP contribution in [-0.4, -0.2) is 31.0 Å². The largest absolute Gasteiger partial charge is 0.508 e. The van der Waals surface area contributed by atoms with Crippen LogP contribution in [0.25, 0.3) is 0 Å². The van der Waals surface area contributed by atoms with Gasteiger partial charge >= 0.3 is 0 Å². The van der Waals surface area contributed by atoms with E-state index in [0.717, 1.165) is 0 Å². The smallest absolute Gasteiger partial charge is 0.222 e. The molecule has 2 fully saturated rings. The van der Waals surface area contributed by atoms with Crippen molar-refractivity contribution >= 4 is 127 Å². The van der Waals surface area contributed by atoms with Crippen molar-refractivity contribution in [3.05, 3.63) is 30.3 Å². The van der Waals surface area contributed by atoms with E-state index in [1.807, 2.05) is 6.07 Å². The molecule has 4 unspecified atom stereocenters. The molecule has 0 spiro atoms. The minimum Gasteiger partial charge on any atom is -0.508 e. The standard InChI is InChI=1S/C6H2Br8O3.C6H6O/c7-1-3(9,15-1)5(11,12)17-6(13,14)4(10)2(8)16-4;7-6-4-2-1-3-5-6/h1-2H;1-5,7H. The van der Waals surface area contributed by atoms with Crippen molar-refractivity contribution in [3.8, 4) is 5.75 Å². The molecule has 0 bridgehead atoms. The molecule has 24 heavy (non-hydrogen) atoms. The summed E-state index contributed by atoms with van der Waals surface area (Å²) < 4.78 is 13.3. The number of alkyl halides is 8. The molecule has 3 rings (SSSR count). The molecule has 136 valence electrons. The fraction of sp³-hybridized carbons (Fsp3) is 0.500. The first-order valence-electron chi connectivity index (χ1n) is 6.07. The first-order chi connectivity index (χ1) is 10.9. The van der Waals surface area contributed by atoms with Gasteiger partial charge in [-0.15, -0.1) is 0 Å². The number of ether oxygens (including phenoxy) is 3. The molecule has 1 N–H and O–H groups in total. The summed E-state index contributed by atoms with van der Waals surface area (Å²) in [5.74, 6) is 0.322. The molecule has 2 saturated heterocycles. The topological polar surface area (TPSA) is 54.5 Å². The van der Waals surface area contributed by atoms with E-state index in [9.17, 15) is 0 Å². The number of aromatic hydroxyl groups is 1. The summed E-state index contributed by atoms with van der Waals surface area (Å²) in [5.41, 5.74) is 0. The first kappa shape index (κ1) is 23.0. The highest BCUT2D eigenvalue weighted by atomic mass is 79.9. The van der Waals surface area contributed by atoms with Gasteiger partial charge < -0.3 is 19.3 Å². The van der Waals surface area contributed by atoms with Crippen molar-refractivity contribution in [2.45, 2.75) is 25.9 Å². The van der Waals surface area contributed by atoms with Gasteiger partial charge in [-0.3, -0.25) is 0 Å². The van der Waals surface area contributed by atoms with E-state index < -0.39 is 15.9 Å². The predicted molar refractivity (Wildman–Crippen MR) is 121 cm³/mol. The van der Waals surface area contributed by atoms with Crippen molar-refractivity contribution in [2.24, 2.45) is 0 Å². The van der Waals surface area contributed by atoms with Crippen molar-refractivity contribution in [1.82, 2.24) is 0 Å². The predicted octanol–water partition coefficient (Wildman–Crippen LogP) is 6.97. The van der Waals surface area contributed by atoms with Gasteiger partial charge in [0.15, 0.2) is 10.0 Å². The molecular weight excluding hydrogens is 847 g/mol. The van der Waals surface area contributed by atoms with Crippen molar-refractivity contribution in [3.63, 3.8) is 0 Å². The summed E-state index contributed by atoms with van der Waals surface area (Å²) >= 11 is 27.2. The zero-order chi connectivity index (χ0) is 18.4. The molecule has 0 aromatic heterocycles. The second-order valence-corrected chi connectivity index (χ2v) is 15.2. The minimum absolute atomic E-state index is 0.171. The lowest BCUT2D eigenvalue weighted by Gasteiger charge is -2.33. The van der Waals surface area contributed by atoms with Crippen LogP contribution in [0.4, 0.5) is 0 Å². The molecule has 1 aromatic carbocycles. The van der Waals surface area contributed by atoms with E-state index in [4.69, 9.17) is 19.3 Å². The van der Waals surface area contributed by atoms with Crippen molar-refractivity contribution in [2.75, 3.05) is 0 Å². The van der Waals surface area contributed by atoms with E-state index in [0.29, 0.717) is 5.75 Å². The van der Waals surface area contributed by atoms with Gasteiger partial charge in [-0.05, 0) is 108 Å². The first-order valence-corrected chi connectivity index (χ1v) is 12.7. The van der Waals surface area contributed by atoms with Crippen LogP contribution >= 0.6 is 127 Å². The Morgan fingerprint density at radius 1 is 0.875 bits per heavy atom. The third-order valence-corrected chi connectivity index (χ3v) is 13.2. The molecule has 0 radical (unpaired) electrons. The van der Waals surface area contributed by atoms with Crippen LogP contribution in [0.3, 0.4) is 0 Å². The Hall–Kier alpha value is 2.74. The minimum atomic E-state index is -0.965. The fourth-order valence-electron chi connectivity index (χ4n) is 1.36. The Morgan fingerprint density at radius 2 is 1.21 bits per heavy atom. The molecule has 4 nitrogen and oxygen atoms in total. The van der Waals surface area contributed by atoms with Crippen LogP contribution in [-0.2, 0) is 14.2 Å². The summed E-state index contributed by atoms with van der Waals surface area (Å²) in [4.78, 5) is 0. The highest BCUT2D eigenvalue weighted by molar-refractivity contribution is 9.27. The van der Waals surface area contributed by atoms with Crippen molar-refractivity contribution < 1.29 is 19.3 Å². The Bertz CT molecular complexity index is 556. The molecule has 2 heterocycles. The molecule has 12 heteroatoms. The van der Waals surface area contributed by atoms with Crippen molar-refractivity contribution in [1.29, 1.82) is 0 Å². The van der Waals surface area contributed by atoms with Gasteiger partial charge in [-0.25, -0.2) is 0 Å². The Labute approximate surface area is 206 Å². The highest BCUT2D eigenvalue weighted by Gasteiger charge is 2.74. The lowest BCUT2D eigenvalue weighted by atomic mass is 10.3. The number of halogens is 8. The quantitative estimate of drug-likeness (QED) is 0.263. The van der Waals surface area contributed by atoms with Gasteiger partial charge in [0.2, 0.25) is 15.9 Å². The van der Waals surface area contributed by atoms with Crippen LogP contribution in [0.1, 0.15) is 0 Å². The maximum absolute atomic E-state index is 8.63. The lowest BCUT2D eigenvalue weighted by Crippen LogP contribution is -2.44. The Morgan fingerprint density at radius 3 is 1.42 bits per heavy atom. The SMILES string of the molecule is BrC1OC1(Br)C(Br)(Br)OC(Br)(Br)C1(Br)OC1Br.Oc1ccccc1. The zero-order valence-electron chi connectivity index (χ0n) is 11.2. The molecule has 2 aliphatic rings. The van der Waals surface area contributed by atoms with E-state index >= 15 is 0 Å². The zero-order valence-corrected chi connectivity index (χ0v) is 23.9. The molecule has 0 saturated carbocycles. The summed E-state index contributed by atoms with van der Waals surface area (Å²) in [7, 11) is 0. The highest BCUT2D eigenvalue weighted by Crippen LogP contribution is 2.67. The monoisotopic (exact) mass is 847 g/mol. The van der Waals surface area contributed by atoms with Crippen LogP contribution < -0.4 is 0 Å². The average molecular weight is 855 g/mol. The Balaban J connectivity index is 0.000000249. The number of hydrogen-bond donors (Lipinski definition) is 1. The molecule has 4 atom stereocenters. The van der Waals surface area contributed by atoms with Crippen LogP contribution in [0.5, 0.6) is 5.75 Å². The molecule has 0 amide bonds. The Kier molecular flexibility index (Phi) is 7.90. The summed E-state index contributed by atoms with van der Waals surface area (Å²) in [6.45, 7) is 0. The molecule has 0 aliphatic carbocycles. The van der Waals surface area contributed by atoms with E-state index in [1.165, 1.54) is 0 Å². The molecular formula is C12H8Br8O4. The van der Waals surface area contributed by atoms with Gasteiger partial charge in [-0.2, -0.15) is 0 Å². The fourth-order valence-corrected chi connectivity index (χ4v) is 7.91. The van der Waals surface area contributed by atoms with Crippen LogP contribution in [0, 0.1) is 0 Å². The number of rotatable bonds is 4. The lowest BCUT2D eigenvalue weighted by molar-refractivity contribution is 0.0223.